The molecule has 0 unspecified atom stereocenters. The average Bonchev–Trinajstić information content (AvgIpc) is 2.61. The molecule has 0 spiro atoms. The zero-order valence-corrected chi connectivity index (χ0v) is 16.9. The minimum Gasteiger partial charge on any atom is -0.476 e. The number of aryl methyl sites for hydroxylation is 1. The molecule has 2 rings (SSSR count). The second-order valence-corrected chi connectivity index (χ2v) is 6.96. The highest BCUT2D eigenvalue weighted by atomic mass is 79.9. The van der Waals surface area contributed by atoms with Crippen LogP contribution in [0.15, 0.2) is 50.9 Å². The second-order valence-electron chi connectivity index (χ2n) is 5.25. The molecule has 0 saturated heterocycles. The molecule has 0 aromatic heterocycles. The van der Waals surface area contributed by atoms with Crippen LogP contribution in [0.1, 0.15) is 11.1 Å². The molecule has 26 heavy (non-hydrogen) atoms. The summed E-state index contributed by atoms with van der Waals surface area (Å²) in [5.41, 5.74) is 2.29. The van der Waals surface area contributed by atoms with E-state index < -0.39 is 5.91 Å². The molecule has 0 saturated carbocycles. The number of carbonyl (C=O) groups excluding carboxylic acids is 1. The van der Waals surface area contributed by atoms with Crippen molar-refractivity contribution in [3.05, 3.63) is 62.0 Å². The zero-order chi connectivity index (χ0) is 19.1. The van der Waals surface area contributed by atoms with E-state index in [0.29, 0.717) is 25.9 Å². The Kier molecular flexibility index (Phi) is 6.97. The quantitative estimate of drug-likeness (QED) is 0.489. The Bertz CT molecular complexity index is 916. The van der Waals surface area contributed by atoms with Gasteiger partial charge in [0, 0.05) is 5.69 Å². The minimum absolute atomic E-state index is 0.0323. The Morgan fingerprint density at radius 1 is 1.19 bits per heavy atom. The number of halogens is 2. The van der Waals surface area contributed by atoms with Gasteiger partial charge in [-0.05, 0) is 74.7 Å². The van der Waals surface area contributed by atoms with Gasteiger partial charge in [-0.1, -0.05) is 17.7 Å². The van der Waals surface area contributed by atoms with Crippen molar-refractivity contribution >= 4 is 49.5 Å². The van der Waals surface area contributed by atoms with E-state index in [4.69, 9.17) is 10.00 Å². The minimum atomic E-state index is -0.492. The maximum Gasteiger partial charge on any atom is 0.266 e. The van der Waals surface area contributed by atoms with Gasteiger partial charge in [-0.3, -0.25) is 4.79 Å². The third kappa shape index (κ3) is 5.19. The van der Waals surface area contributed by atoms with Crippen LogP contribution in [-0.4, -0.2) is 12.5 Å². The summed E-state index contributed by atoms with van der Waals surface area (Å²) in [6.07, 6.45) is 1.48. The SMILES string of the molecule is Cc1ccc(NC(=O)/C(C#N)=C/c2cc(Br)c(OCC#N)c(Br)c2)cc1. The predicted molar refractivity (Wildman–Crippen MR) is 106 cm³/mol. The predicted octanol–water partition coefficient (Wildman–Crippen LogP) is 4.97. The van der Waals surface area contributed by atoms with Crippen LogP contribution < -0.4 is 10.1 Å². The van der Waals surface area contributed by atoms with Crippen LogP contribution in [0.25, 0.3) is 6.08 Å². The van der Waals surface area contributed by atoms with Gasteiger partial charge >= 0.3 is 0 Å². The van der Waals surface area contributed by atoms with E-state index in [1.807, 2.05) is 31.2 Å². The highest BCUT2D eigenvalue weighted by molar-refractivity contribution is 9.11. The maximum absolute atomic E-state index is 12.3. The molecule has 130 valence electrons. The van der Waals surface area contributed by atoms with E-state index in [0.717, 1.165) is 5.56 Å². The van der Waals surface area contributed by atoms with Gasteiger partial charge in [-0.2, -0.15) is 10.5 Å². The third-order valence-corrected chi connectivity index (χ3v) is 4.47. The van der Waals surface area contributed by atoms with Gasteiger partial charge in [0.1, 0.15) is 23.5 Å². The van der Waals surface area contributed by atoms with Gasteiger partial charge in [0.25, 0.3) is 5.91 Å². The van der Waals surface area contributed by atoms with E-state index in [-0.39, 0.29) is 12.2 Å². The Morgan fingerprint density at radius 3 is 2.35 bits per heavy atom. The Hall–Kier alpha value is -2.61. The Balaban J connectivity index is 2.25. The van der Waals surface area contributed by atoms with Crippen molar-refractivity contribution in [2.45, 2.75) is 6.92 Å². The van der Waals surface area contributed by atoms with Crippen LogP contribution >= 0.6 is 31.9 Å². The summed E-state index contributed by atoms with van der Waals surface area (Å²) in [4.78, 5) is 12.3. The average molecular weight is 475 g/mol. The summed E-state index contributed by atoms with van der Waals surface area (Å²) in [5.74, 6) is -0.0141. The van der Waals surface area contributed by atoms with Crippen LogP contribution in [0.4, 0.5) is 5.69 Å². The number of amides is 1. The molecule has 0 bridgehead atoms. The van der Waals surface area contributed by atoms with Gasteiger partial charge in [-0.15, -0.1) is 0 Å². The maximum atomic E-state index is 12.3. The summed E-state index contributed by atoms with van der Waals surface area (Å²) in [6.45, 7) is 1.86. The molecule has 5 nitrogen and oxygen atoms in total. The van der Waals surface area contributed by atoms with Crippen molar-refractivity contribution in [1.82, 2.24) is 0 Å². The van der Waals surface area contributed by atoms with E-state index >= 15 is 0 Å². The first-order chi connectivity index (χ1) is 12.4. The van der Waals surface area contributed by atoms with Crippen molar-refractivity contribution in [3.8, 4) is 17.9 Å². The fourth-order valence-electron chi connectivity index (χ4n) is 2.06. The molecule has 0 aliphatic heterocycles. The van der Waals surface area contributed by atoms with Crippen molar-refractivity contribution in [2.75, 3.05) is 11.9 Å². The summed E-state index contributed by atoms with van der Waals surface area (Å²) in [6, 6.07) is 14.5. The van der Waals surface area contributed by atoms with Crippen LogP contribution in [0.5, 0.6) is 5.75 Å². The smallest absolute Gasteiger partial charge is 0.266 e. The first-order valence-electron chi connectivity index (χ1n) is 7.43. The lowest BCUT2D eigenvalue weighted by atomic mass is 10.1. The van der Waals surface area contributed by atoms with Crippen LogP contribution in [0, 0.1) is 29.6 Å². The lowest BCUT2D eigenvalue weighted by molar-refractivity contribution is -0.112. The fourth-order valence-corrected chi connectivity index (χ4v) is 3.51. The summed E-state index contributed by atoms with van der Waals surface area (Å²) in [7, 11) is 0. The Morgan fingerprint density at radius 2 is 1.81 bits per heavy atom. The summed E-state index contributed by atoms with van der Waals surface area (Å²) < 4.78 is 6.52. The molecular weight excluding hydrogens is 462 g/mol. The number of benzene rings is 2. The van der Waals surface area contributed by atoms with E-state index in [9.17, 15) is 10.1 Å². The lowest BCUT2D eigenvalue weighted by Gasteiger charge is -2.09. The summed E-state index contributed by atoms with van der Waals surface area (Å²) >= 11 is 6.72. The highest BCUT2D eigenvalue weighted by Gasteiger charge is 2.12. The molecule has 0 heterocycles. The van der Waals surface area contributed by atoms with Crippen molar-refractivity contribution in [1.29, 1.82) is 10.5 Å². The number of ether oxygens (including phenoxy) is 1. The molecule has 0 aliphatic carbocycles. The molecule has 0 radical (unpaired) electrons. The number of nitrogens with zero attached hydrogens (tertiary/aromatic N) is 2. The standard InChI is InChI=1S/C19H13Br2N3O2/c1-12-2-4-15(5-3-12)24-19(25)14(11-23)8-13-9-16(20)18(17(21)10-13)26-7-6-22/h2-5,8-10H,7H2,1H3,(H,24,25)/b14-8+. The van der Waals surface area contributed by atoms with Gasteiger partial charge in [0.15, 0.2) is 6.61 Å². The highest BCUT2D eigenvalue weighted by Crippen LogP contribution is 2.35. The molecule has 2 aromatic rings. The number of nitrogens with one attached hydrogen (secondary N) is 1. The number of hydrogen-bond donors (Lipinski definition) is 1. The van der Waals surface area contributed by atoms with E-state index in [1.165, 1.54) is 6.08 Å². The third-order valence-electron chi connectivity index (χ3n) is 3.29. The molecule has 0 aliphatic rings. The second kappa shape index (κ2) is 9.19. The van der Waals surface area contributed by atoms with Crippen LogP contribution in [0.2, 0.25) is 0 Å². The largest absolute Gasteiger partial charge is 0.476 e. The molecule has 1 amide bonds. The van der Waals surface area contributed by atoms with Gasteiger partial charge in [0.05, 0.1) is 8.95 Å². The monoisotopic (exact) mass is 473 g/mol. The number of nitriles is 2. The molecule has 1 N–H and O–H groups in total. The number of rotatable bonds is 5. The lowest BCUT2D eigenvalue weighted by Crippen LogP contribution is -2.13. The van der Waals surface area contributed by atoms with Crippen LogP contribution in [0.3, 0.4) is 0 Å². The van der Waals surface area contributed by atoms with Crippen LogP contribution in [-0.2, 0) is 4.79 Å². The number of hydrogen-bond acceptors (Lipinski definition) is 4. The topological polar surface area (TPSA) is 85.9 Å². The molecule has 7 heteroatoms. The normalized spacial score (nSPS) is 10.6. The Labute approximate surface area is 168 Å². The van der Waals surface area contributed by atoms with Crippen molar-refractivity contribution in [2.24, 2.45) is 0 Å². The molecule has 2 aromatic carbocycles. The molecule has 0 atom stereocenters. The zero-order valence-electron chi connectivity index (χ0n) is 13.7. The van der Waals surface area contributed by atoms with Crippen molar-refractivity contribution < 1.29 is 9.53 Å². The van der Waals surface area contributed by atoms with Crippen molar-refractivity contribution in [3.63, 3.8) is 0 Å². The van der Waals surface area contributed by atoms with E-state index in [1.54, 1.807) is 24.3 Å². The van der Waals surface area contributed by atoms with Gasteiger partial charge in [0.2, 0.25) is 0 Å². The number of carbonyl (C=O) groups is 1. The molecular formula is C19H13Br2N3O2. The fraction of sp³-hybridized carbons (Fsp3) is 0.105. The summed E-state index contributed by atoms with van der Waals surface area (Å²) in [5, 5.41) is 20.6. The molecule has 0 fully saturated rings. The van der Waals surface area contributed by atoms with Gasteiger partial charge < -0.3 is 10.1 Å². The van der Waals surface area contributed by atoms with E-state index in [2.05, 4.69) is 37.2 Å². The van der Waals surface area contributed by atoms with Gasteiger partial charge in [-0.25, -0.2) is 0 Å². The first kappa shape index (κ1) is 19.7. The first-order valence-corrected chi connectivity index (χ1v) is 9.02. The number of anilines is 1.